The highest BCUT2D eigenvalue weighted by Crippen LogP contribution is 2.32. The summed E-state index contributed by atoms with van der Waals surface area (Å²) in [5.74, 6) is 0. The van der Waals surface area contributed by atoms with E-state index in [9.17, 15) is 15.2 Å². The minimum absolute atomic E-state index is 0.0386. The maximum atomic E-state index is 10.8. The Morgan fingerprint density at radius 2 is 1.80 bits per heavy atom. The molecule has 1 N–H and O–H groups in total. The topological polar surface area (TPSA) is 81.2 Å². The highest BCUT2D eigenvalue weighted by Gasteiger charge is 2.21. The fraction of sp³-hybridized carbons (Fsp3) is 0.211. The van der Waals surface area contributed by atoms with Gasteiger partial charge in [-0.3, -0.25) is 14.8 Å². The Labute approximate surface area is 145 Å². The lowest BCUT2D eigenvalue weighted by atomic mass is 10.0. The van der Waals surface area contributed by atoms with E-state index in [-0.39, 0.29) is 5.69 Å². The molecule has 128 valence electrons. The Morgan fingerprint density at radius 1 is 1.16 bits per heavy atom. The highest BCUT2D eigenvalue weighted by molar-refractivity contribution is 5.70. The molecule has 0 bridgehead atoms. The van der Waals surface area contributed by atoms with Crippen LogP contribution < -0.4 is 0 Å². The van der Waals surface area contributed by atoms with Crippen LogP contribution in [0.25, 0.3) is 11.1 Å². The van der Waals surface area contributed by atoms with E-state index in [4.69, 9.17) is 0 Å². The molecule has 6 nitrogen and oxygen atoms in total. The van der Waals surface area contributed by atoms with E-state index < -0.39 is 11.0 Å². The molecule has 0 aliphatic carbocycles. The van der Waals surface area contributed by atoms with Crippen LogP contribution in [-0.4, -0.2) is 19.8 Å². The Kier molecular flexibility index (Phi) is 4.63. The van der Waals surface area contributed by atoms with E-state index in [1.165, 1.54) is 12.1 Å². The van der Waals surface area contributed by atoms with Gasteiger partial charge in [0.1, 0.15) is 0 Å². The first kappa shape index (κ1) is 16.9. The van der Waals surface area contributed by atoms with E-state index in [1.54, 1.807) is 23.7 Å². The molecule has 1 aromatic heterocycles. The van der Waals surface area contributed by atoms with Crippen LogP contribution in [0.2, 0.25) is 0 Å². The van der Waals surface area contributed by atoms with Crippen LogP contribution in [0.4, 0.5) is 5.69 Å². The molecule has 0 amide bonds. The second kappa shape index (κ2) is 6.86. The molecule has 0 saturated carbocycles. The number of rotatable bonds is 5. The molecule has 25 heavy (non-hydrogen) atoms. The molecule has 1 unspecified atom stereocenters. The van der Waals surface area contributed by atoms with Gasteiger partial charge in [0.2, 0.25) is 0 Å². The second-order valence-electron chi connectivity index (χ2n) is 5.97. The van der Waals surface area contributed by atoms with E-state index >= 15 is 0 Å². The van der Waals surface area contributed by atoms with Crippen molar-refractivity contribution in [2.45, 2.75) is 26.5 Å². The van der Waals surface area contributed by atoms with E-state index in [1.807, 2.05) is 37.3 Å². The number of aromatic nitrogens is 2. The number of aryl methyl sites for hydroxylation is 1. The van der Waals surface area contributed by atoms with Crippen LogP contribution in [-0.2, 0) is 6.54 Å². The normalized spacial score (nSPS) is 12.1. The predicted molar refractivity (Wildman–Crippen MR) is 95.2 cm³/mol. The number of benzene rings is 2. The summed E-state index contributed by atoms with van der Waals surface area (Å²) in [6.45, 7) is 4.13. The van der Waals surface area contributed by atoms with Crippen molar-refractivity contribution in [3.05, 3.63) is 81.7 Å². The molecule has 6 heteroatoms. The van der Waals surface area contributed by atoms with Gasteiger partial charge in [0.15, 0.2) is 0 Å². The summed E-state index contributed by atoms with van der Waals surface area (Å²) in [6, 6.07) is 16.2. The summed E-state index contributed by atoms with van der Waals surface area (Å²) in [5.41, 5.74) is 4.23. The van der Waals surface area contributed by atoms with Gasteiger partial charge >= 0.3 is 0 Å². The molecule has 2 aromatic carbocycles. The minimum Gasteiger partial charge on any atom is -0.387 e. The smallest absolute Gasteiger partial charge is 0.269 e. The second-order valence-corrected chi connectivity index (χ2v) is 5.97. The monoisotopic (exact) mass is 337 g/mol. The van der Waals surface area contributed by atoms with Crippen LogP contribution >= 0.6 is 0 Å². The van der Waals surface area contributed by atoms with Crippen molar-refractivity contribution in [3.63, 3.8) is 0 Å². The molecule has 0 fully saturated rings. The van der Waals surface area contributed by atoms with Crippen LogP contribution in [0.3, 0.4) is 0 Å². The van der Waals surface area contributed by atoms with Crippen LogP contribution in [0.5, 0.6) is 0 Å². The van der Waals surface area contributed by atoms with Gasteiger partial charge in [-0.25, -0.2) is 0 Å². The summed E-state index contributed by atoms with van der Waals surface area (Å²) >= 11 is 0. The summed E-state index contributed by atoms with van der Waals surface area (Å²) in [5, 5.41) is 25.7. The Morgan fingerprint density at radius 3 is 2.36 bits per heavy atom. The minimum atomic E-state index is -0.713. The highest BCUT2D eigenvalue weighted by atomic mass is 16.6. The van der Waals surface area contributed by atoms with Crippen molar-refractivity contribution < 1.29 is 10.0 Å². The van der Waals surface area contributed by atoms with Crippen LogP contribution in [0, 0.1) is 17.0 Å². The number of non-ortho nitro benzene ring substituents is 1. The molecule has 0 aliphatic heterocycles. The molecule has 0 radical (unpaired) electrons. The molecule has 3 aromatic rings. The summed E-state index contributed by atoms with van der Waals surface area (Å²) in [7, 11) is 0. The van der Waals surface area contributed by atoms with E-state index in [2.05, 4.69) is 5.10 Å². The molecule has 0 aliphatic rings. The average molecular weight is 337 g/mol. The van der Waals surface area contributed by atoms with Crippen molar-refractivity contribution >= 4 is 5.69 Å². The molecule has 0 spiro atoms. The molecule has 0 saturated heterocycles. The van der Waals surface area contributed by atoms with E-state index in [0.717, 1.165) is 22.4 Å². The first-order chi connectivity index (χ1) is 12.0. The Balaban J connectivity index is 2.06. The SMILES string of the molecule is Cc1nn(Cc2ccccc2)c(C(C)O)c1-c1ccc([N+](=O)[O-])cc1. The van der Waals surface area contributed by atoms with Crippen molar-refractivity contribution in [1.82, 2.24) is 9.78 Å². The van der Waals surface area contributed by atoms with Gasteiger partial charge in [0.05, 0.1) is 29.0 Å². The van der Waals surface area contributed by atoms with Crippen LogP contribution in [0.15, 0.2) is 54.6 Å². The Bertz CT molecular complexity index is 884. The van der Waals surface area contributed by atoms with Crippen LogP contribution in [0.1, 0.15) is 30.0 Å². The van der Waals surface area contributed by atoms with Gasteiger partial charge in [-0.1, -0.05) is 30.3 Å². The largest absolute Gasteiger partial charge is 0.387 e. The first-order valence-electron chi connectivity index (χ1n) is 8.01. The molecule has 3 rings (SSSR count). The number of nitro benzene ring substituents is 1. The van der Waals surface area contributed by atoms with Gasteiger partial charge in [0, 0.05) is 17.7 Å². The molecule has 1 atom stereocenters. The number of nitrogens with zero attached hydrogens (tertiary/aromatic N) is 3. The predicted octanol–water partition coefficient (Wildman–Crippen LogP) is 3.87. The maximum Gasteiger partial charge on any atom is 0.269 e. The summed E-state index contributed by atoms with van der Waals surface area (Å²) in [4.78, 5) is 10.4. The van der Waals surface area contributed by atoms with Crippen molar-refractivity contribution in [3.8, 4) is 11.1 Å². The lowest BCUT2D eigenvalue weighted by Gasteiger charge is -2.12. The molecule has 1 heterocycles. The number of aliphatic hydroxyl groups is 1. The summed E-state index contributed by atoms with van der Waals surface area (Å²) in [6.07, 6.45) is -0.713. The Hall–Kier alpha value is -2.99. The molecular weight excluding hydrogens is 318 g/mol. The van der Waals surface area contributed by atoms with Gasteiger partial charge in [-0.05, 0) is 37.1 Å². The van der Waals surface area contributed by atoms with Gasteiger partial charge < -0.3 is 5.11 Å². The third kappa shape index (κ3) is 3.44. The van der Waals surface area contributed by atoms with E-state index in [0.29, 0.717) is 12.2 Å². The summed E-state index contributed by atoms with van der Waals surface area (Å²) < 4.78 is 1.80. The maximum absolute atomic E-state index is 10.8. The zero-order valence-electron chi connectivity index (χ0n) is 14.1. The van der Waals surface area contributed by atoms with Gasteiger partial charge in [0.25, 0.3) is 5.69 Å². The zero-order valence-corrected chi connectivity index (χ0v) is 14.1. The third-order valence-electron chi connectivity index (χ3n) is 4.10. The zero-order chi connectivity index (χ0) is 18.0. The fourth-order valence-electron chi connectivity index (χ4n) is 3.01. The van der Waals surface area contributed by atoms with Crippen molar-refractivity contribution in [2.75, 3.05) is 0 Å². The van der Waals surface area contributed by atoms with Gasteiger partial charge in [-0.15, -0.1) is 0 Å². The number of hydrogen-bond acceptors (Lipinski definition) is 4. The average Bonchev–Trinajstić information content (AvgIpc) is 2.92. The lowest BCUT2D eigenvalue weighted by molar-refractivity contribution is -0.384. The standard InChI is InChI=1S/C19H19N3O3/c1-13-18(16-8-10-17(11-9-16)22(24)25)19(14(2)23)21(20-13)12-15-6-4-3-5-7-15/h3-11,14,23H,12H2,1-2H3. The first-order valence-corrected chi connectivity index (χ1v) is 8.01. The third-order valence-corrected chi connectivity index (χ3v) is 4.10. The van der Waals surface area contributed by atoms with Crippen molar-refractivity contribution in [2.24, 2.45) is 0 Å². The fourth-order valence-corrected chi connectivity index (χ4v) is 3.01. The number of nitro groups is 1. The number of aliphatic hydroxyl groups excluding tert-OH is 1. The van der Waals surface area contributed by atoms with Gasteiger partial charge in [-0.2, -0.15) is 5.10 Å². The van der Waals surface area contributed by atoms with Crippen molar-refractivity contribution in [1.29, 1.82) is 0 Å². The quantitative estimate of drug-likeness (QED) is 0.566. The molecular formula is C19H19N3O3. The number of hydrogen-bond donors (Lipinski definition) is 1. The lowest BCUT2D eigenvalue weighted by Crippen LogP contribution is -2.09.